The summed E-state index contributed by atoms with van der Waals surface area (Å²) < 4.78 is 5.31. The van der Waals surface area contributed by atoms with Crippen molar-refractivity contribution in [1.29, 1.82) is 0 Å². The minimum absolute atomic E-state index is 0.205. The lowest BCUT2D eigenvalue weighted by Crippen LogP contribution is -2.12. The van der Waals surface area contributed by atoms with Gasteiger partial charge in [-0.25, -0.2) is 4.98 Å². The predicted octanol–water partition coefficient (Wildman–Crippen LogP) is 3.34. The van der Waals surface area contributed by atoms with Gasteiger partial charge in [-0.05, 0) is 18.2 Å². The van der Waals surface area contributed by atoms with Crippen LogP contribution >= 0.6 is 34.5 Å². The summed E-state index contributed by atoms with van der Waals surface area (Å²) in [6.45, 7) is -0.235. The van der Waals surface area contributed by atoms with Gasteiger partial charge in [0.05, 0.1) is 17.1 Å². The number of halogens is 2. The van der Waals surface area contributed by atoms with Gasteiger partial charge in [-0.2, -0.15) is 0 Å². The molecule has 110 valence electrons. The molecule has 0 atom stereocenters. The van der Waals surface area contributed by atoms with Crippen LogP contribution in [0.2, 0.25) is 10.0 Å². The Morgan fingerprint density at radius 2 is 2.10 bits per heavy atom. The van der Waals surface area contributed by atoms with Crippen molar-refractivity contribution in [3.8, 4) is 5.75 Å². The zero-order valence-electron chi connectivity index (χ0n) is 10.5. The fourth-order valence-electron chi connectivity index (χ4n) is 1.47. The van der Waals surface area contributed by atoms with E-state index in [0.717, 1.165) is 11.3 Å². The number of aliphatic carboxylic acids is 1. The summed E-state index contributed by atoms with van der Waals surface area (Å²) in [4.78, 5) is 26.4. The first-order chi connectivity index (χ1) is 9.95. The van der Waals surface area contributed by atoms with E-state index in [2.05, 4.69) is 4.98 Å². The Morgan fingerprint density at radius 3 is 2.76 bits per heavy atom. The molecule has 0 aliphatic rings. The molecule has 2 rings (SSSR count). The van der Waals surface area contributed by atoms with E-state index in [1.807, 2.05) is 0 Å². The maximum Gasteiger partial charge on any atom is 0.309 e. The van der Waals surface area contributed by atoms with Crippen molar-refractivity contribution in [2.75, 3.05) is 6.61 Å². The second kappa shape index (κ2) is 6.89. The molecule has 0 unspecified atom stereocenters. The Balaban J connectivity index is 1.98. The molecule has 0 amide bonds. The zero-order valence-corrected chi connectivity index (χ0v) is 12.8. The molecule has 21 heavy (non-hydrogen) atoms. The molecule has 0 saturated carbocycles. The maximum atomic E-state index is 11.9. The van der Waals surface area contributed by atoms with Crippen LogP contribution in [0.5, 0.6) is 5.75 Å². The highest BCUT2D eigenvalue weighted by molar-refractivity contribution is 7.11. The molecule has 2 aromatic rings. The highest BCUT2D eigenvalue weighted by Gasteiger charge is 2.14. The number of carboxylic acids is 1. The number of aromatic nitrogens is 1. The minimum Gasteiger partial charge on any atom is -0.484 e. The highest BCUT2D eigenvalue weighted by atomic mass is 35.5. The molecule has 0 radical (unpaired) electrons. The molecule has 1 N–H and O–H groups in total. The number of nitrogens with zero attached hydrogens (tertiary/aromatic N) is 1. The number of hydrogen-bond donors (Lipinski definition) is 1. The van der Waals surface area contributed by atoms with E-state index in [1.54, 1.807) is 12.1 Å². The third-order valence-corrected chi connectivity index (χ3v) is 3.84. The van der Waals surface area contributed by atoms with Crippen molar-refractivity contribution in [1.82, 2.24) is 4.98 Å². The van der Waals surface area contributed by atoms with E-state index in [0.29, 0.717) is 21.5 Å². The first-order valence-corrected chi connectivity index (χ1v) is 7.36. The van der Waals surface area contributed by atoms with E-state index in [9.17, 15) is 9.59 Å². The van der Waals surface area contributed by atoms with Crippen molar-refractivity contribution >= 4 is 46.3 Å². The second-order valence-electron chi connectivity index (χ2n) is 4.00. The molecular weight excluding hydrogens is 337 g/mol. The maximum absolute atomic E-state index is 11.9. The van der Waals surface area contributed by atoms with Crippen LogP contribution < -0.4 is 4.74 Å². The third kappa shape index (κ3) is 4.42. The van der Waals surface area contributed by atoms with Gasteiger partial charge in [-0.3, -0.25) is 9.59 Å². The van der Waals surface area contributed by atoms with Crippen LogP contribution in [-0.4, -0.2) is 28.4 Å². The molecule has 0 saturated heterocycles. The fraction of sp³-hybridized carbons (Fsp3) is 0.154. The highest BCUT2D eigenvalue weighted by Crippen LogP contribution is 2.27. The van der Waals surface area contributed by atoms with Gasteiger partial charge >= 0.3 is 5.97 Å². The lowest BCUT2D eigenvalue weighted by molar-refractivity contribution is -0.136. The first kappa shape index (κ1) is 15.8. The molecule has 8 heteroatoms. The van der Waals surface area contributed by atoms with Crippen molar-refractivity contribution in [2.45, 2.75) is 6.42 Å². The number of Topliss-reactive ketones (excluding diaryl/α,β-unsaturated/α-hetero) is 1. The van der Waals surface area contributed by atoms with Crippen molar-refractivity contribution < 1.29 is 19.4 Å². The predicted molar refractivity (Wildman–Crippen MR) is 79.7 cm³/mol. The van der Waals surface area contributed by atoms with Crippen LogP contribution in [0.1, 0.15) is 15.5 Å². The number of ketones is 1. The lowest BCUT2D eigenvalue weighted by Gasteiger charge is -2.06. The quantitative estimate of drug-likeness (QED) is 0.812. The van der Waals surface area contributed by atoms with Gasteiger partial charge in [0.25, 0.3) is 0 Å². The average molecular weight is 346 g/mol. The number of carboxylic acid groups (broad SMARTS) is 1. The number of benzene rings is 1. The zero-order chi connectivity index (χ0) is 15.4. The Kier molecular flexibility index (Phi) is 5.17. The van der Waals surface area contributed by atoms with Crippen LogP contribution in [0.25, 0.3) is 0 Å². The van der Waals surface area contributed by atoms with E-state index in [-0.39, 0.29) is 23.8 Å². The molecular formula is C13H9Cl2NO4S. The molecule has 1 aromatic carbocycles. The summed E-state index contributed by atoms with van der Waals surface area (Å²) in [5.74, 6) is -0.997. The third-order valence-electron chi connectivity index (χ3n) is 2.38. The first-order valence-electron chi connectivity index (χ1n) is 5.73. The Morgan fingerprint density at radius 1 is 1.33 bits per heavy atom. The molecule has 1 aromatic heterocycles. The Bertz CT molecular complexity index is 687. The monoisotopic (exact) mass is 345 g/mol. The van der Waals surface area contributed by atoms with Crippen LogP contribution in [0.15, 0.2) is 23.6 Å². The summed E-state index contributed by atoms with van der Waals surface area (Å²) in [5, 5.41) is 11.2. The summed E-state index contributed by atoms with van der Waals surface area (Å²) in [6, 6.07) is 4.68. The number of carbonyl (C=O) groups excluding carboxylic acids is 1. The molecule has 0 aliphatic carbocycles. The summed E-state index contributed by atoms with van der Waals surface area (Å²) in [5.41, 5.74) is 0.348. The lowest BCUT2D eigenvalue weighted by atomic mass is 10.3. The number of ether oxygens (including phenoxy) is 1. The summed E-state index contributed by atoms with van der Waals surface area (Å²) in [6.07, 6.45) is -0.215. The molecule has 0 bridgehead atoms. The van der Waals surface area contributed by atoms with Crippen molar-refractivity contribution in [3.63, 3.8) is 0 Å². The van der Waals surface area contributed by atoms with Gasteiger partial charge in [0.1, 0.15) is 5.75 Å². The van der Waals surface area contributed by atoms with Gasteiger partial charge in [0, 0.05) is 10.4 Å². The Hall–Kier alpha value is -1.63. The summed E-state index contributed by atoms with van der Waals surface area (Å²) >= 11 is 12.8. The van der Waals surface area contributed by atoms with E-state index >= 15 is 0 Å². The van der Waals surface area contributed by atoms with Crippen LogP contribution in [-0.2, 0) is 11.2 Å². The Labute approximate surface area is 134 Å². The van der Waals surface area contributed by atoms with Gasteiger partial charge in [-0.1, -0.05) is 23.2 Å². The summed E-state index contributed by atoms with van der Waals surface area (Å²) in [7, 11) is 0. The average Bonchev–Trinajstić information content (AvgIpc) is 2.85. The number of carbonyl (C=O) groups is 2. The topological polar surface area (TPSA) is 76.5 Å². The van der Waals surface area contributed by atoms with E-state index in [4.69, 9.17) is 33.0 Å². The number of hydrogen-bond acceptors (Lipinski definition) is 5. The number of thiazole rings is 1. The second-order valence-corrected chi connectivity index (χ2v) is 5.70. The van der Waals surface area contributed by atoms with Gasteiger partial charge in [0.15, 0.2) is 11.6 Å². The largest absolute Gasteiger partial charge is 0.484 e. The van der Waals surface area contributed by atoms with E-state index < -0.39 is 5.97 Å². The van der Waals surface area contributed by atoms with Gasteiger partial charge in [0.2, 0.25) is 5.78 Å². The van der Waals surface area contributed by atoms with Crippen molar-refractivity contribution in [2.24, 2.45) is 0 Å². The van der Waals surface area contributed by atoms with E-state index in [1.165, 1.54) is 11.4 Å². The minimum atomic E-state index is -0.997. The molecule has 0 fully saturated rings. The van der Waals surface area contributed by atoms with Crippen molar-refractivity contribution in [3.05, 3.63) is 44.3 Å². The standard InChI is InChI=1S/C13H9Cl2NO4S/c14-7-1-2-11(9(15)3-7)20-5-10(17)13-16-8(6-21-13)4-12(18)19/h1-3,6H,4-5H2,(H,18,19). The molecule has 0 aliphatic heterocycles. The normalized spacial score (nSPS) is 10.4. The van der Waals surface area contributed by atoms with Crippen LogP contribution in [0.3, 0.4) is 0 Å². The molecule has 0 spiro atoms. The smallest absolute Gasteiger partial charge is 0.309 e. The fourth-order valence-corrected chi connectivity index (χ4v) is 2.68. The van der Waals surface area contributed by atoms with Crippen LogP contribution in [0.4, 0.5) is 0 Å². The van der Waals surface area contributed by atoms with Gasteiger partial charge in [-0.15, -0.1) is 11.3 Å². The SMILES string of the molecule is O=C(O)Cc1csc(C(=O)COc2ccc(Cl)cc2Cl)n1. The number of rotatable bonds is 6. The molecule has 1 heterocycles. The molecule has 5 nitrogen and oxygen atoms in total. The van der Waals surface area contributed by atoms with Gasteiger partial charge < -0.3 is 9.84 Å². The van der Waals surface area contributed by atoms with Crippen LogP contribution in [0, 0.1) is 0 Å².